The molecule has 4 heteroatoms. The average Bonchev–Trinajstić information content (AvgIpc) is 2.36. The average molecular weight is 258 g/mol. The van der Waals surface area contributed by atoms with E-state index in [0.29, 0.717) is 6.54 Å². The minimum Gasteiger partial charge on any atom is -0.496 e. The van der Waals surface area contributed by atoms with Crippen LogP contribution in [-0.2, 0) is 6.54 Å². The quantitative estimate of drug-likeness (QED) is 0.848. The number of methoxy groups -OCH3 is 1. The number of hydrogen-bond acceptors (Lipinski definition) is 3. The Balaban J connectivity index is 2.41. The molecule has 0 bridgehead atoms. The summed E-state index contributed by atoms with van der Waals surface area (Å²) in [5, 5.41) is 0. The Bertz CT molecular complexity index is 660. The number of aromatic nitrogens is 2. The molecule has 2 heterocycles. The van der Waals surface area contributed by atoms with Crippen LogP contribution in [0.15, 0.2) is 29.3 Å². The summed E-state index contributed by atoms with van der Waals surface area (Å²) in [5.41, 5.74) is 3.79. The number of aryl methyl sites for hydroxylation is 2. The lowest BCUT2D eigenvalue weighted by molar-refractivity contribution is 0.406. The molecule has 0 aliphatic carbocycles. The predicted octanol–water partition coefficient (Wildman–Crippen LogP) is 2.23. The highest BCUT2D eigenvalue weighted by Gasteiger charge is 2.10. The van der Waals surface area contributed by atoms with Gasteiger partial charge in [-0.3, -0.25) is 9.78 Å². The molecule has 2 aromatic rings. The summed E-state index contributed by atoms with van der Waals surface area (Å²) < 4.78 is 7.03. The summed E-state index contributed by atoms with van der Waals surface area (Å²) in [7, 11) is 1.65. The van der Waals surface area contributed by atoms with Crippen LogP contribution in [0, 0.1) is 20.8 Å². The smallest absolute Gasteiger partial charge is 0.251 e. The first-order chi connectivity index (χ1) is 9.02. The van der Waals surface area contributed by atoms with E-state index >= 15 is 0 Å². The van der Waals surface area contributed by atoms with Gasteiger partial charge in [-0.15, -0.1) is 0 Å². The summed E-state index contributed by atoms with van der Waals surface area (Å²) in [4.78, 5) is 16.3. The Morgan fingerprint density at radius 1 is 1.32 bits per heavy atom. The highest BCUT2D eigenvalue weighted by Crippen LogP contribution is 2.24. The zero-order valence-corrected chi connectivity index (χ0v) is 11.7. The summed E-state index contributed by atoms with van der Waals surface area (Å²) in [6.07, 6.45) is 3.57. The first-order valence-corrected chi connectivity index (χ1v) is 6.19. The second-order valence-corrected chi connectivity index (χ2v) is 4.72. The molecule has 0 saturated heterocycles. The van der Waals surface area contributed by atoms with Gasteiger partial charge in [-0.2, -0.15) is 0 Å². The molecule has 100 valence electrons. The van der Waals surface area contributed by atoms with Crippen LogP contribution in [0.3, 0.4) is 0 Å². The second-order valence-electron chi connectivity index (χ2n) is 4.72. The molecule has 0 fully saturated rings. The predicted molar refractivity (Wildman–Crippen MR) is 74.8 cm³/mol. The largest absolute Gasteiger partial charge is 0.496 e. The van der Waals surface area contributed by atoms with Crippen LogP contribution in [0.5, 0.6) is 5.75 Å². The van der Waals surface area contributed by atoms with Gasteiger partial charge >= 0.3 is 0 Å². The van der Waals surface area contributed by atoms with Crippen molar-refractivity contribution in [1.29, 1.82) is 0 Å². The third-order valence-corrected chi connectivity index (χ3v) is 3.22. The van der Waals surface area contributed by atoms with Crippen molar-refractivity contribution in [2.45, 2.75) is 27.3 Å². The van der Waals surface area contributed by atoms with Crippen LogP contribution in [-0.4, -0.2) is 16.7 Å². The highest BCUT2D eigenvalue weighted by molar-refractivity contribution is 5.41. The van der Waals surface area contributed by atoms with Crippen molar-refractivity contribution >= 4 is 0 Å². The number of ether oxygens (including phenoxy) is 1. The third-order valence-electron chi connectivity index (χ3n) is 3.22. The number of rotatable bonds is 3. The minimum atomic E-state index is -0.0132. The van der Waals surface area contributed by atoms with Gasteiger partial charge in [-0.25, -0.2) is 0 Å². The summed E-state index contributed by atoms with van der Waals surface area (Å²) in [5.74, 6) is 0.838. The third kappa shape index (κ3) is 2.67. The zero-order chi connectivity index (χ0) is 14.0. The molecule has 0 aliphatic heterocycles. The molecule has 0 spiro atoms. The Labute approximate surface area is 112 Å². The SMILES string of the molecule is COc1c(C)cnc(Cn2ccc(C)cc2=O)c1C. The van der Waals surface area contributed by atoms with E-state index in [2.05, 4.69) is 4.98 Å². The fourth-order valence-corrected chi connectivity index (χ4v) is 2.13. The first-order valence-electron chi connectivity index (χ1n) is 6.19. The van der Waals surface area contributed by atoms with Crippen LogP contribution in [0.2, 0.25) is 0 Å². The van der Waals surface area contributed by atoms with Crippen molar-refractivity contribution in [2.75, 3.05) is 7.11 Å². The first kappa shape index (κ1) is 13.3. The standard InChI is InChI=1S/C15H18N2O2/c1-10-5-6-17(14(18)7-10)9-13-12(3)15(19-4)11(2)8-16-13/h5-8H,9H2,1-4H3. The van der Waals surface area contributed by atoms with Gasteiger partial charge in [-0.05, 0) is 32.4 Å². The van der Waals surface area contributed by atoms with Crippen molar-refractivity contribution in [3.05, 3.63) is 57.3 Å². The molecule has 0 aliphatic rings. The van der Waals surface area contributed by atoms with E-state index in [0.717, 1.165) is 28.1 Å². The van der Waals surface area contributed by atoms with Crippen LogP contribution < -0.4 is 10.3 Å². The zero-order valence-electron chi connectivity index (χ0n) is 11.7. The molecule has 0 N–H and O–H groups in total. The normalized spacial score (nSPS) is 10.5. The number of pyridine rings is 2. The van der Waals surface area contributed by atoms with Crippen LogP contribution in [0.4, 0.5) is 0 Å². The maximum atomic E-state index is 11.9. The van der Waals surface area contributed by atoms with E-state index in [1.54, 1.807) is 30.1 Å². The van der Waals surface area contributed by atoms with E-state index in [4.69, 9.17) is 4.74 Å². The summed E-state index contributed by atoms with van der Waals surface area (Å²) in [6, 6.07) is 3.54. The molecule has 2 rings (SSSR count). The van der Waals surface area contributed by atoms with E-state index in [9.17, 15) is 4.79 Å². The fraction of sp³-hybridized carbons (Fsp3) is 0.333. The number of nitrogens with zero attached hydrogens (tertiary/aromatic N) is 2. The van der Waals surface area contributed by atoms with Crippen LogP contribution >= 0.6 is 0 Å². The molecule has 0 aromatic carbocycles. The molecular weight excluding hydrogens is 240 g/mol. The fourth-order valence-electron chi connectivity index (χ4n) is 2.13. The Morgan fingerprint density at radius 3 is 2.68 bits per heavy atom. The monoisotopic (exact) mass is 258 g/mol. The lowest BCUT2D eigenvalue weighted by Gasteiger charge is -2.13. The Hall–Kier alpha value is -2.10. The van der Waals surface area contributed by atoms with Crippen LogP contribution in [0.25, 0.3) is 0 Å². The van der Waals surface area contributed by atoms with Crippen molar-refractivity contribution in [1.82, 2.24) is 9.55 Å². The maximum Gasteiger partial charge on any atom is 0.251 e. The maximum absolute atomic E-state index is 11.9. The highest BCUT2D eigenvalue weighted by atomic mass is 16.5. The van der Waals surface area contributed by atoms with Gasteiger partial charge in [0.05, 0.1) is 19.3 Å². The molecular formula is C15H18N2O2. The van der Waals surface area contributed by atoms with Crippen molar-refractivity contribution < 1.29 is 4.74 Å². The van der Waals surface area contributed by atoms with Gasteiger partial charge in [0, 0.05) is 29.6 Å². The Kier molecular flexibility index (Phi) is 3.69. The lowest BCUT2D eigenvalue weighted by Crippen LogP contribution is -2.20. The molecule has 4 nitrogen and oxygen atoms in total. The van der Waals surface area contributed by atoms with Crippen molar-refractivity contribution in [3.8, 4) is 5.75 Å². The van der Waals surface area contributed by atoms with Gasteiger partial charge in [0.2, 0.25) is 0 Å². The van der Waals surface area contributed by atoms with E-state index in [1.807, 2.05) is 26.8 Å². The van der Waals surface area contributed by atoms with Gasteiger partial charge in [0.15, 0.2) is 0 Å². The molecule has 0 unspecified atom stereocenters. The van der Waals surface area contributed by atoms with Gasteiger partial charge in [0.25, 0.3) is 5.56 Å². The second kappa shape index (κ2) is 5.26. The lowest BCUT2D eigenvalue weighted by atomic mass is 10.1. The summed E-state index contributed by atoms with van der Waals surface area (Å²) in [6.45, 7) is 6.29. The Morgan fingerprint density at radius 2 is 2.05 bits per heavy atom. The van der Waals surface area contributed by atoms with Gasteiger partial charge in [-0.1, -0.05) is 0 Å². The van der Waals surface area contributed by atoms with Crippen LogP contribution in [0.1, 0.15) is 22.4 Å². The van der Waals surface area contributed by atoms with E-state index in [-0.39, 0.29) is 5.56 Å². The molecule has 0 atom stereocenters. The van der Waals surface area contributed by atoms with Gasteiger partial charge < -0.3 is 9.30 Å². The van der Waals surface area contributed by atoms with Gasteiger partial charge in [0.1, 0.15) is 5.75 Å². The van der Waals surface area contributed by atoms with Crippen molar-refractivity contribution in [2.24, 2.45) is 0 Å². The summed E-state index contributed by atoms with van der Waals surface area (Å²) >= 11 is 0. The number of hydrogen-bond donors (Lipinski definition) is 0. The molecule has 19 heavy (non-hydrogen) atoms. The minimum absolute atomic E-state index is 0.0132. The molecule has 0 amide bonds. The van der Waals surface area contributed by atoms with E-state index in [1.165, 1.54) is 0 Å². The molecule has 0 radical (unpaired) electrons. The van der Waals surface area contributed by atoms with E-state index < -0.39 is 0 Å². The molecule has 2 aromatic heterocycles. The topological polar surface area (TPSA) is 44.1 Å². The molecule has 0 saturated carbocycles. The van der Waals surface area contributed by atoms with Crippen molar-refractivity contribution in [3.63, 3.8) is 0 Å².